The van der Waals surface area contributed by atoms with Gasteiger partial charge < -0.3 is 5.11 Å². The van der Waals surface area contributed by atoms with E-state index in [1.165, 1.54) is 6.07 Å². The van der Waals surface area contributed by atoms with E-state index in [1.807, 2.05) is 0 Å². The Kier molecular flexibility index (Phi) is 1.42. The Morgan fingerprint density at radius 3 is 2.89 bits per heavy atom. The first-order valence-corrected chi connectivity index (χ1v) is 2.51. The van der Waals surface area contributed by atoms with E-state index in [9.17, 15) is 0 Å². The lowest BCUT2D eigenvalue weighted by Crippen LogP contribution is -1.72. The quantitative estimate of drug-likeness (QED) is 0.506. The molecule has 1 rings (SSSR count). The highest BCUT2D eigenvalue weighted by Crippen LogP contribution is 2.12. The van der Waals surface area contributed by atoms with Crippen LogP contribution in [-0.4, -0.2) is 5.11 Å². The first kappa shape index (κ1) is 5.71. The summed E-state index contributed by atoms with van der Waals surface area (Å²) in [6, 6.07) is 7.57. The highest BCUT2D eigenvalue weighted by Gasteiger charge is 1.91. The summed E-state index contributed by atoms with van der Waals surface area (Å²) in [6.45, 7) is 0. The van der Waals surface area contributed by atoms with E-state index in [0.717, 1.165) is 0 Å². The summed E-state index contributed by atoms with van der Waals surface area (Å²) in [7, 11) is 0. The fourth-order valence-electron chi connectivity index (χ4n) is 0.544. The van der Waals surface area contributed by atoms with E-state index < -0.39 is 0 Å². The van der Waals surface area contributed by atoms with Gasteiger partial charge in [-0.05, 0) is 6.07 Å². The highest BCUT2D eigenvalue weighted by molar-refractivity contribution is 5.42. The Morgan fingerprint density at radius 1 is 1.67 bits per heavy atom. The van der Waals surface area contributed by atoms with Gasteiger partial charge in [0.1, 0.15) is 5.75 Å². The van der Waals surface area contributed by atoms with Crippen molar-refractivity contribution >= 4 is 0 Å². The van der Waals surface area contributed by atoms with E-state index >= 15 is 0 Å². The summed E-state index contributed by atoms with van der Waals surface area (Å²) >= 11 is 0. The summed E-state index contributed by atoms with van der Waals surface area (Å²) < 4.78 is 0. The normalized spacial score (nSPS) is 8.33. The smallest absolute Gasteiger partial charge is 0.131 e. The average Bonchev–Trinajstić information content (AvgIpc) is 1.89. The fraction of sp³-hybridized carbons (Fsp3) is 0. The lowest BCUT2D eigenvalue weighted by atomic mass is 10.2. The third-order valence-corrected chi connectivity index (χ3v) is 0.978. The number of aromatic hydroxyl groups is 1. The van der Waals surface area contributed by atoms with E-state index in [0.29, 0.717) is 5.56 Å². The van der Waals surface area contributed by atoms with Crippen molar-refractivity contribution in [3.8, 4) is 18.1 Å². The molecule has 1 aromatic rings. The topological polar surface area (TPSA) is 20.2 Å². The molecule has 0 atom stereocenters. The molecule has 1 nitrogen and oxygen atoms in total. The van der Waals surface area contributed by atoms with Gasteiger partial charge in [0.05, 0.1) is 5.56 Å². The van der Waals surface area contributed by atoms with Crippen molar-refractivity contribution in [3.05, 3.63) is 29.8 Å². The highest BCUT2D eigenvalue weighted by atomic mass is 16.3. The van der Waals surface area contributed by atoms with Gasteiger partial charge in [0.15, 0.2) is 0 Å². The predicted octanol–water partition coefficient (Wildman–Crippen LogP) is 1.17. The lowest BCUT2D eigenvalue weighted by Gasteiger charge is -1.90. The summed E-state index contributed by atoms with van der Waals surface area (Å²) in [5.41, 5.74) is 0.414. The summed E-state index contributed by atoms with van der Waals surface area (Å²) in [5.74, 6) is 2.40. The SMILES string of the molecule is C#Cc1[c]cccc1O. The number of hydrogen-bond acceptors (Lipinski definition) is 1. The van der Waals surface area contributed by atoms with Gasteiger partial charge in [0.25, 0.3) is 0 Å². The molecular formula is C8H5O. The Bertz CT molecular complexity index is 245. The molecule has 0 bridgehead atoms. The molecular weight excluding hydrogens is 112 g/mol. The molecule has 0 saturated carbocycles. The minimum absolute atomic E-state index is 0.111. The molecule has 1 aromatic carbocycles. The third-order valence-electron chi connectivity index (χ3n) is 0.978. The molecule has 9 heavy (non-hydrogen) atoms. The standard InChI is InChI=1S/C8H5O/c1-2-7-5-3-4-6-8(7)9/h1,3-4,6,9H. The van der Waals surface area contributed by atoms with Crippen molar-refractivity contribution in [2.75, 3.05) is 0 Å². The second-order valence-electron chi connectivity index (χ2n) is 1.57. The van der Waals surface area contributed by atoms with Crippen LogP contribution in [0.4, 0.5) is 0 Å². The zero-order valence-corrected chi connectivity index (χ0v) is 4.76. The van der Waals surface area contributed by atoms with E-state index in [-0.39, 0.29) is 5.75 Å². The second kappa shape index (κ2) is 2.23. The summed E-state index contributed by atoms with van der Waals surface area (Å²) in [4.78, 5) is 0. The van der Waals surface area contributed by atoms with Crippen molar-refractivity contribution in [2.45, 2.75) is 0 Å². The molecule has 0 amide bonds. The van der Waals surface area contributed by atoms with E-state index in [2.05, 4.69) is 12.0 Å². The molecule has 43 valence electrons. The third kappa shape index (κ3) is 1.03. The molecule has 0 saturated heterocycles. The van der Waals surface area contributed by atoms with Gasteiger partial charge in [-0.25, -0.2) is 0 Å². The van der Waals surface area contributed by atoms with Crippen molar-refractivity contribution < 1.29 is 5.11 Å². The minimum Gasteiger partial charge on any atom is -0.507 e. The van der Waals surface area contributed by atoms with Crippen molar-refractivity contribution in [1.29, 1.82) is 0 Å². The van der Waals surface area contributed by atoms with E-state index in [4.69, 9.17) is 11.5 Å². The van der Waals surface area contributed by atoms with Crippen LogP contribution in [0.3, 0.4) is 0 Å². The molecule has 1 N–H and O–H groups in total. The van der Waals surface area contributed by atoms with Crippen LogP contribution in [0.5, 0.6) is 5.75 Å². The van der Waals surface area contributed by atoms with Gasteiger partial charge in [-0.15, -0.1) is 6.42 Å². The number of benzene rings is 1. The van der Waals surface area contributed by atoms with Crippen LogP contribution in [0.15, 0.2) is 18.2 Å². The second-order valence-corrected chi connectivity index (χ2v) is 1.57. The molecule has 0 heterocycles. The first-order chi connectivity index (χ1) is 4.34. The maximum absolute atomic E-state index is 8.94. The van der Waals surface area contributed by atoms with Crippen LogP contribution in [0, 0.1) is 18.4 Å². The maximum Gasteiger partial charge on any atom is 0.131 e. The van der Waals surface area contributed by atoms with Gasteiger partial charge in [0.2, 0.25) is 0 Å². The first-order valence-electron chi connectivity index (χ1n) is 2.51. The van der Waals surface area contributed by atoms with Crippen molar-refractivity contribution in [2.24, 2.45) is 0 Å². The van der Waals surface area contributed by atoms with Gasteiger partial charge >= 0.3 is 0 Å². The van der Waals surface area contributed by atoms with Crippen LogP contribution >= 0.6 is 0 Å². The molecule has 0 unspecified atom stereocenters. The monoisotopic (exact) mass is 117 g/mol. The maximum atomic E-state index is 8.94. The van der Waals surface area contributed by atoms with Crippen molar-refractivity contribution in [3.63, 3.8) is 0 Å². The Hall–Kier alpha value is -1.42. The van der Waals surface area contributed by atoms with Gasteiger partial charge in [-0.3, -0.25) is 0 Å². The Labute approximate surface area is 54.0 Å². The summed E-state index contributed by atoms with van der Waals surface area (Å²) in [6.07, 6.45) is 5.01. The molecule has 0 aliphatic rings. The molecule has 0 aliphatic heterocycles. The summed E-state index contributed by atoms with van der Waals surface area (Å²) in [5, 5.41) is 8.94. The molecule has 1 radical (unpaired) electrons. The molecule has 1 heteroatoms. The van der Waals surface area contributed by atoms with Crippen LogP contribution in [0.2, 0.25) is 0 Å². The predicted molar refractivity (Wildman–Crippen MR) is 34.9 cm³/mol. The number of phenolic OH excluding ortho intramolecular Hbond substituents is 1. The van der Waals surface area contributed by atoms with E-state index in [1.54, 1.807) is 12.1 Å². The zero-order chi connectivity index (χ0) is 6.69. The number of hydrogen-bond donors (Lipinski definition) is 1. The molecule has 0 aliphatic carbocycles. The molecule has 0 fully saturated rings. The zero-order valence-electron chi connectivity index (χ0n) is 4.76. The number of terminal acetylenes is 1. The number of phenols is 1. The van der Waals surface area contributed by atoms with Crippen LogP contribution in [0.1, 0.15) is 5.56 Å². The van der Waals surface area contributed by atoms with Gasteiger partial charge in [-0.1, -0.05) is 18.1 Å². The average molecular weight is 117 g/mol. The van der Waals surface area contributed by atoms with Crippen LogP contribution in [-0.2, 0) is 0 Å². The van der Waals surface area contributed by atoms with Gasteiger partial charge in [-0.2, -0.15) is 0 Å². The Balaban J connectivity index is 3.20. The van der Waals surface area contributed by atoms with Crippen LogP contribution in [0.25, 0.3) is 0 Å². The minimum atomic E-state index is 0.111. The molecule has 0 spiro atoms. The van der Waals surface area contributed by atoms with Crippen molar-refractivity contribution in [1.82, 2.24) is 0 Å². The fourth-order valence-corrected chi connectivity index (χ4v) is 0.544. The van der Waals surface area contributed by atoms with Gasteiger partial charge in [0, 0.05) is 6.07 Å². The number of rotatable bonds is 0. The molecule has 0 aromatic heterocycles. The Morgan fingerprint density at radius 2 is 2.44 bits per heavy atom. The van der Waals surface area contributed by atoms with Crippen LogP contribution < -0.4 is 0 Å². The largest absolute Gasteiger partial charge is 0.507 e. The lowest BCUT2D eigenvalue weighted by molar-refractivity contribution is 0.473.